The van der Waals surface area contributed by atoms with Crippen LogP contribution in [0.4, 0.5) is 0 Å². The zero-order chi connectivity index (χ0) is 14.5. The molecule has 0 spiro atoms. The summed E-state index contributed by atoms with van der Waals surface area (Å²) in [5, 5.41) is 17.7. The lowest BCUT2D eigenvalue weighted by Crippen LogP contribution is -2.39. The molecule has 6 heteroatoms. The van der Waals surface area contributed by atoms with Gasteiger partial charge in [-0.2, -0.15) is 0 Å². The first-order chi connectivity index (χ1) is 9.56. The Balaban J connectivity index is 2.10. The van der Waals surface area contributed by atoms with Crippen LogP contribution in [-0.4, -0.2) is 53.3 Å². The van der Waals surface area contributed by atoms with Gasteiger partial charge in [0, 0.05) is 6.54 Å². The molecule has 0 fully saturated rings. The third-order valence-corrected chi connectivity index (χ3v) is 3.23. The van der Waals surface area contributed by atoms with E-state index in [2.05, 4.69) is 0 Å². The van der Waals surface area contributed by atoms with Crippen LogP contribution in [0.1, 0.15) is 17.2 Å². The van der Waals surface area contributed by atoms with Gasteiger partial charge in [0.15, 0.2) is 0 Å². The monoisotopic (exact) mass is 279 g/mol. The molecule has 0 saturated carbocycles. The molecule has 20 heavy (non-hydrogen) atoms. The van der Waals surface area contributed by atoms with Crippen LogP contribution in [-0.2, 0) is 20.7 Å². The number of nitrogens with zero attached hydrogens (tertiary/aromatic N) is 1. The predicted octanol–water partition coefficient (Wildman–Crippen LogP) is 0.772. The Hall–Kier alpha value is -1.92. The van der Waals surface area contributed by atoms with Gasteiger partial charge in [-0.05, 0) is 17.5 Å². The van der Waals surface area contributed by atoms with Crippen molar-refractivity contribution in [1.29, 1.82) is 0 Å². The Morgan fingerprint density at radius 1 is 1.20 bits per heavy atom. The fraction of sp³-hybridized carbons (Fsp3) is 0.429. The molecule has 0 aromatic heterocycles. The molecule has 1 atom stereocenters. The summed E-state index contributed by atoms with van der Waals surface area (Å²) in [6.45, 7) is 0.202. The maximum Gasteiger partial charge on any atom is 0.317 e. The predicted molar refractivity (Wildman–Crippen MR) is 70.6 cm³/mol. The van der Waals surface area contributed by atoms with E-state index in [1.54, 1.807) is 0 Å². The van der Waals surface area contributed by atoms with Crippen molar-refractivity contribution in [3.05, 3.63) is 35.4 Å². The quantitative estimate of drug-likeness (QED) is 0.800. The lowest BCUT2D eigenvalue weighted by Gasteiger charge is -2.30. The van der Waals surface area contributed by atoms with Gasteiger partial charge >= 0.3 is 11.9 Å². The Labute approximate surface area is 116 Å². The first-order valence-corrected chi connectivity index (χ1v) is 6.41. The number of carboxylic acid groups (broad SMARTS) is 2. The van der Waals surface area contributed by atoms with E-state index in [0.717, 1.165) is 12.0 Å². The zero-order valence-electron chi connectivity index (χ0n) is 11.0. The molecule has 0 radical (unpaired) electrons. The second-order valence-electron chi connectivity index (χ2n) is 4.77. The fourth-order valence-corrected chi connectivity index (χ4v) is 2.43. The average Bonchev–Trinajstić information content (AvgIpc) is 2.37. The summed E-state index contributed by atoms with van der Waals surface area (Å²) >= 11 is 0. The van der Waals surface area contributed by atoms with Crippen LogP contribution >= 0.6 is 0 Å². The Kier molecular flexibility index (Phi) is 4.70. The fourth-order valence-electron chi connectivity index (χ4n) is 2.43. The molecule has 1 aromatic rings. The third kappa shape index (κ3) is 3.79. The topological polar surface area (TPSA) is 87.1 Å². The summed E-state index contributed by atoms with van der Waals surface area (Å²) in [5.41, 5.74) is 2.19. The first-order valence-electron chi connectivity index (χ1n) is 6.41. The SMILES string of the molecule is O=C(O)CN(CC(=O)O)CC1OCCc2ccccc21. The number of fused-ring (bicyclic) bond motifs is 1. The van der Waals surface area contributed by atoms with E-state index in [9.17, 15) is 9.59 Å². The van der Waals surface area contributed by atoms with E-state index in [0.29, 0.717) is 6.61 Å². The van der Waals surface area contributed by atoms with Crippen molar-refractivity contribution in [1.82, 2.24) is 4.90 Å². The van der Waals surface area contributed by atoms with Crippen molar-refractivity contribution in [2.75, 3.05) is 26.2 Å². The smallest absolute Gasteiger partial charge is 0.317 e. The second-order valence-corrected chi connectivity index (χ2v) is 4.77. The molecule has 0 saturated heterocycles. The van der Waals surface area contributed by atoms with Crippen molar-refractivity contribution < 1.29 is 24.5 Å². The maximum absolute atomic E-state index is 10.8. The van der Waals surface area contributed by atoms with Gasteiger partial charge in [-0.15, -0.1) is 0 Å². The molecule has 1 aromatic carbocycles. The number of benzene rings is 1. The van der Waals surface area contributed by atoms with E-state index in [1.165, 1.54) is 10.5 Å². The minimum absolute atomic E-state index is 0.260. The third-order valence-electron chi connectivity index (χ3n) is 3.23. The zero-order valence-corrected chi connectivity index (χ0v) is 11.0. The molecule has 2 rings (SSSR count). The number of rotatable bonds is 6. The summed E-state index contributed by atoms with van der Waals surface area (Å²) in [5.74, 6) is -2.09. The average molecular weight is 279 g/mol. The van der Waals surface area contributed by atoms with E-state index in [1.807, 2.05) is 24.3 Å². The number of hydrogen-bond donors (Lipinski definition) is 2. The number of aliphatic carboxylic acids is 2. The maximum atomic E-state index is 10.8. The highest BCUT2D eigenvalue weighted by Crippen LogP contribution is 2.27. The molecule has 1 aliphatic rings. The van der Waals surface area contributed by atoms with Crippen LogP contribution in [0.2, 0.25) is 0 Å². The van der Waals surface area contributed by atoms with Crippen molar-refractivity contribution in [2.45, 2.75) is 12.5 Å². The highest BCUT2D eigenvalue weighted by atomic mass is 16.5. The molecular weight excluding hydrogens is 262 g/mol. The largest absolute Gasteiger partial charge is 0.480 e. The molecule has 1 unspecified atom stereocenters. The van der Waals surface area contributed by atoms with Crippen LogP contribution in [0, 0.1) is 0 Å². The van der Waals surface area contributed by atoms with Crippen LogP contribution in [0.5, 0.6) is 0 Å². The van der Waals surface area contributed by atoms with Crippen molar-refractivity contribution in [3.8, 4) is 0 Å². The molecule has 2 N–H and O–H groups in total. The molecule has 0 aliphatic carbocycles. The molecule has 1 heterocycles. The van der Waals surface area contributed by atoms with Gasteiger partial charge in [-0.25, -0.2) is 0 Å². The first kappa shape index (κ1) is 14.5. The van der Waals surface area contributed by atoms with Gasteiger partial charge in [0.2, 0.25) is 0 Å². The Morgan fingerprint density at radius 2 is 1.85 bits per heavy atom. The molecule has 6 nitrogen and oxygen atoms in total. The van der Waals surface area contributed by atoms with Crippen LogP contribution in [0.15, 0.2) is 24.3 Å². The Bertz CT molecular complexity index is 486. The number of hydrogen-bond acceptors (Lipinski definition) is 4. The lowest BCUT2D eigenvalue weighted by atomic mass is 9.97. The highest BCUT2D eigenvalue weighted by Gasteiger charge is 2.24. The van der Waals surface area contributed by atoms with Crippen molar-refractivity contribution in [2.24, 2.45) is 0 Å². The summed E-state index contributed by atoms with van der Waals surface area (Å²) in [4.78, 5) is 23.0. The number of carbonyl (C=O) groups is 2. The van der Waals surface area contributed by atoms with Crippen LogP contribution in [0.3, 0.4) is 0 Å². The molecule has 1 aliphatic heterocycles. The molecular formula is C14H17NO5. The van der Waals surface area contributed by atoms with E-state index >= 15 is 0 Å². The highest BCUT2D eigenvalue weighted by molar-refractivity contribution is 5.72. The lowest BCUT2D eigenvalue weighted by molar-refractivity contribution is -0.142. The summed E-state index contributed by atoms with van der Waals surface area (Å²) in [7, 11) is 0. The van der Waals surface area contributed by atoms with Gasteiger partial charge in [0.25, 0.3) is 0 Å². The van der Waals surface area contributed by atoms with E-state index in [-0.39, 0.29) is 25.7 Å². The van der Waals surface area contributed by atoms with Crippen molar-refractivity contribution in [3.63, 3.8) is 0 Å². The molecule has 108 valence electrons. The normalized spacial score (nSPS) is 17.8. The number of ether oxygens (including phenoxy) is 1. The van der Waals surface area contributed by atoms with Crippen molar-refractivity contribution >= 4 is 11.9 Å². The van der Waals surface area contributed by atoms with Crippen LogP contribution < -0.4 is 0 Å². The minimum Gasteiger partial charge on any atom is -0.480 e. The summed E-state index contributed by atoms with van der Waals surface area (Å²) in [6, 6.07) is 7.81. The Morgan fingerprint density at radius 3 is 2.50 bits per heavy atom. The number of carboxylic acids is 2. The molecule has 0 amide bonds. The second kappa shape index (κ2) is 6.49. The van der Waals surface area contributed by atoms with Gasteiger partial charge in [0.1, 0.15) is 0 Å². The van der Waals surface area contributed by atoms with Gasteiger partial charge in [0.05, 0.1) is 25.8 Å². The van der Waals surface area contributed by atoms with Crippen LogP contribution in [0.25, 0.3) is 0 Å². The minimum atomic E-state index is -1.05. The van der Waals surface area contributed by atoms with Gasteiger partial charge in [-0.3, -0.25) is 14.5 Å². The van der Waals surface area contributed by atoms with E-state index in [4.69, 9.17) is 14.9 Å². The molecule has 0 bridgehead atoms. The standard InChI is InChI=1S/C14H17NO5/c16-13(17)8-15(9-14(18)19)7-12-11-4-2-1-3-10(11)5-6-20-12/h1-4,12H,5-9H2,(H,16,17)(H,18,19). The van der Waals surface area contributed by atoms with E-state index < -0.39 is 11.9 Å². The summed E-state index contributed by atoms with van der Waals surface area (Å²) < 4.78 is 5.67. The summed E-state index contributed by atoms with van der Waals surface area (Å²) in [6.07, 6.45) is 0.545. The van der Waals surface area contributed by atoms with Gasteiger partial charge in [-0.1, -0.05) is 24.3 Å². The van der Waals surface area contributed by atoms with Gasteiger partial charge < -0.3 is 14.9 Å².